The molecule has 1 amide bonds. The molecule has 6 heteroatoms. The molecule has 2 aromatic rings. The molecule has 0 saturated heterocycles. The highest BCUT2D eigenvalue weighted by Gasteiger charge is 2.12. The fraction of sp³-hybridized carbons (Fsp3) is 0.300. The van der Waals surface area contributed by atoms with Crippen molar-refractivity contribution in [1.29, 1.82) is 0 Å². The summed E-state index contributed by atoms with van der Waals surface area (Å²) < 4.78 is 16.6. The SMILES string of the molecule is C/C(=N/NC(=O)COc1cc(C)cc(C)c1)c1ccc2c(c1)OCCO2. The second kappa shape index (κ2) is 7.91. The maximum atomic E-state index is 12.0. The summed E-state index contributed by atoms with van der Waals surface area (Å²) in [4.78, 5) is 12.0. The van der Waals surface area contributed by atoms with Gasteiger partial charge in [0.15, 0.2) is 18.1 Å². The number of carbonyl (C=O) groups excluding carboxylic acids is 1. The van der Waals surface area contributed by atoms with Gasteiger partial charge in [0.1, 0.15) is 19.0 Å². The van der Waals surface area contributed by atoms with Crippen molar-refractivity contribution in [3.05, 3.63) is 53.1 Å². The fourth-order valence-corrected chi connectivity index (χ4v) is 2.68. The van der Waals surface area contributed by atoms with Crippen LogP contribution in [-0.4, -0.2) is 31.4 Å². The average molecular weight is 354 g/mol. The summed E-state index contributed by atoms with van der Waals surface area (Å²) in [6, 6.07) is 11.4. The molecule has 0 unspecified atom stereocenters. The smallest absolute Gasteiger partial charge is 0.277 e. The zero-order valence-corrected chi connectivity index (χ0v) is 15.2. The lowest BCUT2D eigenvalue weighted by atomic mass is 10.1. The third kappa shape index (κ3) is 4.53. The molecule has 0 bridgehead atoms. The van der Waals surface area contributed by atoms with Gasteiger partial charge in [0.05, 0.1) is 5.71 Å². The zero-order chi connectivity index (χ0) is 18.5. The van der Waals surface area contributed by atoms with Crippen LogP contribution in [0.1, 0.15) is 23.6 Å². The fourth-order valence-electron chi connectivity index (χ4n) is 2.68. The minimum absolute atomic E-state index is 0.0964. The summed E-state index contributed by atoms with van der Waals surface area (Å²) in [5.74, 6) is 1.76. The molecule has 0 saturated carbocycles. The van der Waals surface area contributed by atoms with Gasteiger partial charge in [-0.3, -0.25) is 4.79 Å². The first-order chi connectivity index (χ1) is 12.5. The Balaban J connectivity index is 1.57. The molecular weight excluding hydrogens is 332 g/mol. The Morgan fingerprint density at radius 2 is 1.77 bits per heavy atom. The van der Waals surface area contributed by atoms with E-state index in [1.54, 1.807) is 0 Å². The van der Waals surface area contributed by atoms with E-state index in [1.165, 1.54) is 0 Å². The van der Waals surface area contributed by atoms with Crippen LogP contribution in [0.2, 0.25) is 0 Å². The highest BCUT2D eigenvalue weighted by molar-refractivity contribution is 5.99. The number of hydrogen-bond donors (Lipinski definition) is 1. The molecule has 0 aliphatic carbocycles. The van der Waals surface area contributed by atoms with Crippen molar-refractivity contribution in [1.82, 2.24) is 5.43 Å². The molecule has 6 nitrogen and oxygen atoms in total. The van der Waals surface area contributed by atoms with E-state index in [9.17, 15) is 4.79 Å². The van der Waals surface area contributed by atoms with Crippen molar-refractivity contribution in [3.8, 4) is 17.2 Å². The molecule has 1 heterocycles. The van der Waals surface area contributed by atoms with Crippen molar-refractivity contribution in [3.63, 3.8) is 0 Å². The first kappa shape index (κ1) is 17.8. The van der Waals surface area contributed by atoms with Crippen molar-refractivity contribution >= 4 is 11.6 Å². The van der Waals surface area contributed by atoms with Crippen LogP contribution in [0.5, 0.6) is 17.2 Å². The molecule has 0 spiro atoms. The minimum Gasteiger partial charge on any atom is -0.486 e. The molecule has 136 valence electrons. The van der Waals surface area contributed by atoms with Crippen LogP contribution in [0.15, 0.2) is 41.5 Å². The number of amides is 1. The summed E-state index contributed by atoms with van der Waals surface area (Å²) >= 11 is 0. The van der Waals surface area contributed by atoms with Crippen LogP contribution >= 0.6 is 0 Å². The first-order valence-electron chi connectivity index (χ1n) is 8.45. The van der Waals surface area contributed by atoms with Gasteiger partial charge in [-0.2, -0.15) is 5.10 Å². The van der Waals surface area contributed by atoms with E-state index in [1.807, 2.05) is 57.2 Å². The van der Waals surface area contributed by atoms with Crippen LogP contribution in [0.4, 0.5) is 0 Å². The van der Waals surface area contributed by atoms with Crippen LogP contribution in [0.25, 0.3) is 0 Å². The minimum atomic E-state index is -0.318. The number of aryl methyl sites for hydroxylation is 2. The van der Waals surface area contributed by atoms with E-state index in [4.69, 9.17) is 14.2 Å². The molecule has 0 radical (unpaired) electrons. The predicted molar refractivity (Wildman–Crippen MR) is 99.2 cm³/mol. The number of carbonyl (C=O) groups is 1. The topological polar surface area (TPSA) is 69.2 Å². The van der Waals surface area contributed by atoms with Crippen molar-refractivity contribution in [2.24, 2.45) is 5.10 Å². The Morgan fingerprint density at radius 3 is 2.50 bits per heavy atom. The lowest BCUT2D eigenvalue weighted by Crippen LogP contribution is -2.25. The second-order valence-corrected chi connectivity index (χ2v) is 6.20. The van der Waals surface area contributed by atoms with E-state index in [2.05, 4.69) is 10.5 Å². The lowest BCUT2D eigenvalue weighted by Gasteiger charge is -2.18. The van der Waals surface area contributed by atoms with E-state index in [0.717, 1.165) is 22.4 Å². The van der Waals surface area contributed by atoms with Gasteiger partial charge in [-0.15, -0.1) is 0 Å². The number of nitrogens with one attached hydrogen (secondary N) is 1. The zero-order valence-electron chi connectivity index (χ0n) is 15.2. The molecule has 3 rings (SSSR count). The Kier molecular flexibility index (Phi) is 5.41. The van der Waals surface area contributed by atoms with E-state index in [0.29, 0.717) is 30.4 Å². The van der Waals surface area contributed by atoms with Crippen molar-refractivity contribution < 1.29 is 19.0 Å². The van der Waals surface area contributed by atoms with Gasteiger partial charge in [-0.25, -0.2) is 5.43 Å². The summed E-state index contributed by atoms with van der Waals surface area (Å²) in [7, 11) is 0. The average Bonchev–Trinajstić information content (AvgIpc) is 2.63. The molecule has 1 aliphatic heterocycles. The number of hydrogen-bond acceptors (Lipinski definition) is 5. The van der Waals surface area contributed by atoms with E-state index in [-0.39, 0.29) is 12.5 Å². The predicted octanol–water partition coefficient (Wildman–Crippen LogP) is 2.99. The molecule has 26 heavy (non-hydrogen) atoms. The van der Waals surface area contributed by atoms with Crippen LogP contribution in [0, 0.1) is 13.8 Å². The van der Waals surface area contributed by atoms with Gasteiger partial charge in [0, 0.05) is 5.56 Å². The number of ether oxygens (including phenoxy) is 3. The highest BCUT2D eigenvalue weighted by atomic mass is 16.6. The Labute approximate surface area is 152 Å². The van der Waals surface area contributed by atoms with Crippen LogP contribution < -0.4 is 19.6 Å². The lowest BCUT2D eigenvalue weighted by molar-refractivity contribution is -0.123. The molecule has 2 aromatic carbocycles. The molecule has 0 atom stereocenters. The maximum Gasteiger partial charge on any atom is 0.277 e. The standard InChI is InChI=1S/C20H22N2O4/c1-13-8-14(2)10-17(9-13)26-12-20(23)22-21-15(3)16-4-5-18-19(11-16)25-7-6-24-18/h4-5,8-11H,6-7,12H2,1-3H3,(H,22,23)/b21-15-. The number of rotatable bonds is 5. The van der Waals surface area contributed by atoms with Crippen molar-refractivity contribution in [2.75, 3.05) is 19.8 Å². The first-order valence-corrected chi connectivity index (χ1v) is 8.45. The third-order valence-electron chi connectivity index (χ3n) is 3.87. The van der Waals surface area contributed by atoms with Gasteiger partial charge in [0.25, 0.3) is 5.91 Å². The molecular formula is C20H22N2O4. The highest BCUT2D eigenvalue weighted by Crippen LogP contribution is 2.30. The normalized spacial score (nSPS) is 13.3. The molecule has 0 fully saturated rings. The molecule has 0 aromatic heterocycles. The van der Waals surface area contributed by atoms with Crippen LogP contribution in [0.3, 0.4) is 0 Å². The maximum absolute atomic E-state index is 12.0. The Bertz CT molecular complexity index is 825. The van der Waals surface area contributed by atoms with Gasteiger partial charge >= 0.3 is 0 Å². The Hall–Kier alpha value is -3.02. The van der Waals surface area contributed by atoms with Crippen LogP contribution in [-0.2, 0) is 4.79 Å². The van der Waals surface area contributed by atoms with Crippen molar-refractivity contribution in [2.45, 2.75) is 20.8 Å². The number of hydrazone groups is 1. The van der Waals surface area contributed by atoms with Gasteiger partial charge in [-0.1, -0.05) is 6.07 Å². The summed E-state index contributed by atoms with van der Waals surface area (Å²) in [6.07, 6.45) is 0. The molecule has 1 aliphatic rings. The number of fused-ring (bicyclic) bond motifs is 1. The molecule has 1 N–H and O–H groups in total. The van der Waals surface area contributed by atoms with E-state index >= 15 is 0 Å². The van der Waals surface area contributed by atoms with Gasteiger partial charge in [-0.05, 0) is 62.2 Å². The third-order valence-corrected chi connectivity index (χ3v) is 3.87. The quantitative estimate of drug-likeness (QED) is 0.662. The van der Waals surface area contributed by atoms with Gasteiger partial charge < -0.3 is 14.2 Å². The Morgan fingerprint density at radius 1 is 1.08 bits per heavy atom. The second-order valence-electron chi connectivity index (χ2n) is 6.20. The number of nitrogens with zero attached hydrogens (tertiary/aromatic N) is 1. The summed E-state index contributed by atoms with van der Waals surface area (Å²) in [6.45, 7) is 6.77. The summed E-state index contributed by atoms with van der Waals surface area (Å²) in [5, 5.41) is 4.13. The van der Waals surface area contributed by atoms with Gasteiger partial charge in [0.2, 0.25) is 0 Å². The monoisotopic (exact) mass is 354 g/mol. The largest absolute Gasteiger partial charge is 0.486 e. The number of benzene rings is 2. The summed E-state index contributed by atoms with van der Waals surface area (Å²) in [5.41, 5.74) is 6.21. The van der Waals surface area contributed by atoms with E-state index < -0.39 is 0 Å².